The van der Waals surface area contributed by atoms with Gasteiger partial charge in [0.1, 0.15) is 6.61 Å². The van der Waals surface area contributed by atoms with E-state index in [4.69, 9.17) is 16.3 Å². The van der Waals surface area contributed by atoms with Crippen molar-refractivity contribution in [2.24, 2.45) is 5.92 Å². The van der Waals surface area contributed by atoms with Gasteiger partial charge in [-0.15, -0.1) is 0 Å². The molecule has 6 nitrogen and oxygen atoms in total. The second-order valence-electron chi connectivity index (χ2n) is 12.1. The van der Waals surface area contributed by atoms with Gasteiger partial charge in [0.2, 0.25) is 0 Å². The summed E-state index contributed by atoms with van der Waals surface area (Å²) in [5, 5.41) is 0.672. The summed E-state index contributed by atoms with van der Waals surface area (Å²) in [4.78, 5) is 32.9. The number of nitrogens with zero attached hydrogens (tertiary/aromatic N) is 3. The summed E-state index contributed by atoms with van der Waals surface area (Å²) in [6.45, 7) is 5.97. The molecule has 0 aromatic heterocycles. The van der Waals surface area contributed by atoms with Gasteiger partial charge in [-0.2, -0.15) is 0 Å². The lowest BCUT2D eigenvalue weighted by molar-refractivity contribution is 0.0572. The zero-order valence-electron chi connectivity index (χ0n) is 25.4. The van der Waals surface area contributed by atoms with Crippen molar-refractivity contribution in [1.82, 2.24) is 14.7 Å². The van der Waals surface area contributed by atoms with Crippen molar-refractivity contribution in [3.63, 3.8) is 0 Å². The van der Waals surface area contributed by atoms with Crippen LogP contribution in [0.25, 0.3) is 0 Å². The van der Waals surface area contributed by atoms with E-state index < -0.39 is 0 Å². The molecule has 3 aromatic carbocycles. The first-order valence-corrected chi connectivity index (χ1v) is 16.1. The summed E-state index contributed by atoms with van der Waals surface area (Å²) in [6, 6.07) is 28.2. The molecule has 2 fully saturated rings. The highest BCUT2D eigenvalue weighted by Gasteiger charge is 2.40. The van der Waals surface area contributed by atoms with Gasteiger partial charge in [-0.1, -0.05) is 79.2 Å². The van der Waals surface area contributed by atoms with Crippen molar-refractivity contribution >= 4 is 23.6 Å². The molecule has 43 heavy (non-hydrogen) atoms. The molecular formula is C36H44ClN3O3. The molecule has 0 bridgehead atoms. The molecule has 0 radical (unpaired) electrons. The van der Waals surface area contributed by atoms with E-state index in [0.717, 1.165) is 62.9 Å². The molecule has 1 heterocycles. The summed E-state index contributed by atoms with van der Waals surface area (Å²) < 4.78 is 5.72. The number of ether oxygens (including phenoxy) is 1. The number of halogens is 1. The summed E-state index contributed by atoms with van der Waals surface area (Å²) in [7, 11) is 1.96. The number of hydrogen-bond acceptors (Lipinski definition) is 4. The Labute approximate surface area is 261 Å². The lowest BCUT2D eigenvalue weighted by Gasteiger charge is -2.39. The number of likely N-dealkylation sites (tertiary alicyclic amines) is 1. The Morgan fingerprint density at radius 2 is 1.53 bits per heavy atom. The summed E-state index contributed by atoms with van der Waals surface area (Å²) in [6.07, 6.45) is 4.51. The average molecular weight is 602 g/mol. The van der Waals surface area contributed by atoms with Gasteiger partial charge in [-0.05, 0) is 79.3 Å². The van der Waals surface area contributed by atoms with Crippen molar-refractivity contribution in [3.05, 3.63) is 107 Å². The molecule has 1 aliphatic carbocycles. The fourth-order valence-corrected chi connectivity index (χ4v) is 7.02. The highest BCUT2D eigenvalue weighted by atomic mass is 35.5. The first-order chi connectivity index (χ1) is 20.9. The number of rotatable bonds is 10. The third-order valence-electron chi connectivity index (χ3n) is 9.25. The van der Waals surface area contributed by atoms with Gasteiger partial charge in [-0.25, -0.2) is 4.79 Å². The molecule has 0 spiro atoms. The van der Waals surface area contributed by atoms with E-state index in [0.29, 0.717) is 23.4 Å². The smallest absolute Gasteiger partial charge is 0.410 e. The van der Waals surface area contributed by atoms with E-state index in [1.807, 2.05) is 71.4 Å². The Hall–Kier alpha value is -3.35. The Bertz CT molecular complexity index is 1310. The Morgan fingerprint density at radius 3 is 2.19 bits per heavy atom. The molecule has 1 saturated heterocycles. The van der Waals surface area contributed by atoms with Crippen LogP contribution >= 0.6 is 11.6 Å². The maximum Gasteiger partial charge on any atom is 0.410 e. The quantitative estimate of drug-likeness (QED) is 0.242. The fourth-order valence-electron chi connectivity index (χ4n) is 6.89. The first-order valence-electron chi connectivity index (χ1n) is 15.7. The van der Waals surface area contributed by atoms with E-state index in [2.05, 4.69) is 42.2 Å². The van der Waals surface area contributed by atoms with Crippen LogP contribution in [0.4, 0.5) is 4.79 Å². The maximum absolute atomic E-state index is 13.3. The normalized spacial score (nSPS) is 21.0. The lowest BCUT2D eigenvalue weighted by atomic mass is 9.88. The van der Waals surface area contributed by atoms with Crippen LogP contribution in [0, 0.1) is 5.92 Å². The molecule has 3 atom stereocenters. The molecule has 1 saturated carbocycles. The van der Waals surface area contributed by atoms with Crippen molar-refractivity contribution in [2.75, 3.05) is 33.2 Å². The lowest BCUT2D eigenvalue weighted by Crippen LogP contribution is -2.48. The zero-order chi connectivity index (χ0) is 30.2. The van der Waals surface area contributed by atoms with Crippen LogP contribution < -0.4 is 0 Å². The number of hydrogen-bond donors (Lipinski definition) is 0. The standard InChI is InChI=1S/C36H44ClN3O3/c1-3-20-40(36(42)43-26-27-14-16-31(37)17-15-27)32-18-21-39(22-19-32)25-30-23-33(24-34(30)28-10-6-4-7-11-28)38(2)35(41)29-12-8-5-9-13-29/h4-17,30,32-34H,3,18-26H2,1-2H3/t30-,33?,34?/m1/s1. The maximum atomic E-state index is 13.3. The zero-order valence-corrected chi connectivity index (χ0v) is 26.2. The number of carbonyl (C=O) groups excluding carboxylic acids is 2. The summed E-state index contributed by atoms with van der Waals surface area (Å²) in [5.41, 5.74) is 3.04. The van der Waals surface area contributed by atoms with Crippen LogP contribution in [0.1, 0.15) is 66.4 Å². The minimum Gasteiger partial charge on any atom is -0.445 e. The monoisotopic (exact) mass is 601 g/mol. The molecule has 7 heteroatoms. The first kappa shape index (κ1) is 31.1. The van der Waals surface area contributed by atoms with Crippen LogP contribution in [-0.4, -0.2) is 72.0 Å². The molecular weight excluding hydrogens is 558 g/mol. The van der Waals surface area contributed by atoms with Crippen LogP contribution in [0.3, 0.4) is 0 Å². The number of carbonyl (C=O) groups is 2. The molecule has 5 rings (SSSR count). The Balaban J connectivity index is 1.19. The van der Waals surface area contributed by atoms with E-state index in [1.165, 1.54) is 5.56 Å². The highest BCUT2D eigenvalue weighted by molar-refractivity contribution is 6.30. The molecule has 228 valence electrons. The SMILES string of the molecule is CCCN(C(=O)OCc1ccc(Cl)cc1)C1CCN(C[C@H]2CC(N(C)C(=O)c3ccccc3)CC2c2ccccc2)CC1. The third-order valence-corrected chi connectivity index (χ3v) is 9.50. The Kier molecular flexibility index (Phi) is 10.8. The van der Waals surface area contributed by atoms with Crippen LogP contribution in [0.2, 0.25) is 5.02 Å². The number of benzene rings is 3. The van der Waals surface area contributed by atoms with E-state index in [1.54, 1.807) is 0 Å². The van der Waals surface area contributed by atoms with Gasteiger partial charge >= 0.3 is 6.09 Å². The van der Waals surface area contributed by atoms with Gasteiger partial charge < -0.3 is 19.4 Å². The molecule has 2 amide bonds. The largest absolute Gasteiger partial charge is 0.445 e. The highest BCUT2D eigenvalue weighted by Crippen LogP contribution is 2.42. The molecule has 2 unspecified atom stereocenters. The van der Waals surface area contributed by atoms with Crippen LogP contribution in [-0.2, 0) is 11.3 Å². The second-order valence-corrected chi connectivity index (χ2v) is 12.5. The fraction of sp³-hybridized carbons (Fsp3) is 0.444. The van der Waals surface area contributed by atoms with Gasteiger partial charge in [0.25, 0.3) is 5.91 Å². The van der Waals surface area contributed by atoms with Gasteiger partial charge in [0, 0.05) is 55.9 Å². The van der Waals surface area contributed by atoms with Crippen molar-refractivity contribution < 1.29 is 14.3 Å². The van der Waals surface area contributed by atoms with E-state index in [9.17, 15) is 9.59 Å². The third kappa shape index (κ3) is 7.98. The molecule has 1 aliphatic heterocycles. The summed E-state index contributed by atoms with van der Waals surface area (Å²) in [5.74, 6) is 0.971. The number of amides is 2. The van der Waals surface area contributed by atoms with Gasteiger partial charge in [0.05, 0.1) is 0 Å². The summed E-state index contributed by atoms with van der Waals surface area (Å²) >= 11 is 5.99. The number of piperidine rings is 1. The van der Waals surface area contributed by atoms with Crippen LogP contribution in [0.5, 0.6) is 0 Å². The average Bonchev–Trinajstić information content (AvgIpc) is 3.47. The van der Waals surface area contributed by atoms with Crippen molar-refractivity contribution in [1.29, 1.82) is 0 Å². The topological polar surface area (TPSA) is 53.1 Å². The molecule has 2 aliphatic rings. The minimum absolute atomic E-state index is 0.0952. The van der Waals surface area contributed by atoms with Crippen LogP contribution in [0.15, 0.2) is 84.9 Å². The van der Waals surface area contributed by atoms with E-state index in [-0.39, 0.29) is 30.7 Å². The van der Waals surface area contributed by atoms with Gasteiger partial charge in [0.15, 0.2) is 0 Å². The Morgan fingerprint density at radius 1 is 0.884 bits per heavy atom. The van der Waals surface area contributed by atoms with Crippen molar-refractivity contribution in [2.45, 2.75) is 63.6 Å². The minimum atomic E-state index is -0.232. The molecule has 3 aromatic rings. The van der Waals surface area contributed by atoms with Gasteiger partial charge in [-0.3, -0.25) is 4.79 Å². The van der Waals surface area contributed by atoms with E-state index >= 15 is 0 Å². The van der Waals surface area contributed by atoms with Crippen molar-refractivity contribution in [3.8, 4) is 0 Å². The second kappa shape index (κ2) is 14.9. The molecule has 0 N–H and O–H groups in total. The predicted octanol–water partition coefficient (Wildman–Crippen LogP) is 7.49. The predicted molar refractivity (Wildman–Crippen MR) is 172 cm³/mol.